The van der Waals surface area contributed by atoms with E-state index < -0.39 is 0 Å². The molecule has 6 heteroatoms. The molecule has 0 aliphatic heterocycles. The standard InChI is InChI=1S/C18H23N3O2S/c1-3-5-13-23-15-10-7-14(8-11-15)9-12-16(22)19-18-21-20-17(24-18)6-4-2/h7-12H,3-6,13H2,1-2H3,(H,19,21,22)/b12-9+. The summed E-state index contributed by atoms with van der Waals surface area (Å²) in [5.74, 6) is 0.639. The minimum atomic E-state index is -0.211. The fourth-order valence-corrected chi connectivity index (χ4v) is 2.79. The number of aromatic nitrogens is 2. The van der Waals surface area contributed by atoms with E-state index in [0.717, 1.165) is 48.6 Å². The van der Waals surface area contributed by atoms with Crippen molar-refractivity contribution in [2.45, 2.75) is 39.5 Å². The van der Waals surface area contributed by atoms with Gasteiger partial charge in [-0.2, -0.15) is 0 Å². The summed E-state index contributed by atoms with van der Waals surface area (Å²) in [6.07, 6.45) is 7.32. The maximum atomic E-state index is 11.9. The number of carbonyl (C=O) groups is 1. The van der Waals surface area contributed by atoms with Gasteiger partial charge in [0.2, 0.25) is 11.0 Å². The summed E-state index contributed by atoms with van der Waals surface area (Å²) in [7, 11) is 0. The molecule has 0 radical (unpaired) electrons. The summed E-state index contributed by atoms with van der Waals surface area (Å²) in [6, 6.07) is 7.68. The summed E-state index contributed by atoms with van der Waals surface area (Å²) in [6.45, 7) is 4.95. The fourth-order valence-electron chi connectivity index (χ4n) is 1.95. The summed E-state index contributed by atoms with van der Waals surface area (Å²) in [5, 5.41) is 12.2. The molecule has 1 amide bonds. The SMILES string of the molecule is CCCCOc1ccc(/C=C/C(=O)Nc2nnc(CCC)s2)cc1. The number of hydrogen-bond donors (Lipinski definition) is 1. The van der Waals surface area contributed by atoms with Crippen LogP contribution in [0.2, 0.25) is 0 Å². The van der Waals surface area contributed by atoms with Gasteiger partial charge in [-0.15, -0.1) is 10.2 Å². The lowest BCUT2D eigenvalue weighted by molar-refractivity contribution is -0.111. The molecule has 1 aromatic carbocycles. The zero-order chi connectivity index (χ0) is 17.2. The molecule has 0 saturated carbocycles. The molecule has 0 aliphatic rings. The molecule has 24 heavy (non-hydrogen) atoms. The van der Waals surface area contributed by atoms with Crippen molar-refractivity contribution < 1.29 is 9.53 Å². The third kappa shape index (κ3) is 6.12. The number of unbranched alkanes of at least 4 members (excludes halogenated alkanes) is 1. The lowest BCUT2D eigenvalue weighted by Gasteiger charge is -2.04. The van der Waals surface area contributed by atoms with Crippen LogP contribution >= 0.6 is 11.3 Å². The van der Waals surface area contributed by atoms with Crippen molar-refractivity contribution in [2.75, 3.05) is 11.9 Å². The highest BCUT2D eigenvalue weighted by Gasteiger charge is 2.05. The van der Waals surface area contributed by atoms with Crippen molar-refractivity contribution in [3.63, 3.8) is 0 Å². The molecule has 1 aromatic heterocycles. The second kappa shape index (κ2) is 9.82. The van der Waals surface area contributed by atoms with Crippen molar-refractivity contribution in [1.29, 1.82) is 0 Å². The molecule has 0 saturated heterocycles. The van der Waals surface area contributed by atoms with E-state index in [1.807, 2.05) is 24.3 Å². The number of carbonyl (C=O) groups excluding carboxylic acids is 1. The van der Waals surface area contributed by atoms with Gasteiger partial charge in [0.1, 0.15) is 10.8 Å². The molecule has 2 aromatic rings. The number of nitrogens with zero attached hydrogens (tertiary/aromatic N) is 2. The van der Waals surface area contributed by atoms with Crippen LogP contribution in [0.4, 0.5) is 5.13 Å². The zero-order valence-electron chi connectivity index (χ0n) is 14.1. The zero-order valence-corrected chi connectivity index (χ0v) is 14.9. The highest BCUT2D eigenvalue weighted by Crippen LogP contribution is 2.17. The average Bonchev–Trinajstić information content (AvgIpc) is 3.02. The number of anilines is 1. The first-order valence-electron chi connectivity index (χ1n) is 8.25. The minimum absolute atomic E-state index is 0.211. The number of nitrogens with one attached hydrogen (secondary N) is 1. The van der Waals surface area contributed by atoms with Gasteiger partial charge < -0.3 is 4.74 Å². The first-order chi connectivity index (χ1) is 11.7. The normalized spacial score (nSPS) is 10.9. The number of aryl methyl sites for hydroxylation is 1. The Morgan fingerprint density at radius 3 is 2.71 bits per heavy atom. The molecule has 1 heterocycles. The number of benzene rings is 1. The molecule has 0 bridgehead atoms. The number of amides is 1. The topological polar surface area (TPSA) is 64.1 Å². The van der Waals surface area contributed by atoms with Gasteiger partial charge in [-0.25, -0.2) is 0 Å². The predicted octanol–water partition coefficient (Wildman–Crippen LogP) is 4.32. The summed E-state index contributed by atoms with van der Waals surface area (Å²) >= 11 is 1.41. The summed E-state index contributed by atoms with van der Waals surface area (Å²) < 4.78 is 5.61. The third-order valence-electron chi connectivity index (χ3n) is 3.23. The molecule has 0 aliphatic carbocycles. The molecular formula is C18H23N3O2S. The van der Waals surface area contributed by atoms with Crippen LogP contribution in [0.1, 0.15) is 43.7 Å². The van der Waals surface area contributed by atoms with Gasteiger partial charge in [0.05, 0.1) is 6.61 Å². The molecule has 2 rings (SSSR count). The molecular weight excluding hydrogens is 322 g/mol. The van der Waals surface area contributed by atoms with E-state index in [9.17, 15) is 4.79 Å². The van der Waals surface area contributed by atoms with Crippen LogP contribution < -0.4 is 10.1 Å². The largest absolute Gasteiger partial charge is 0.494 e. The second-order valence-electron chi connectivity index (χ2n) is 5.34. The monoisotopic (exact) mass is 345 g/mol. The minimum Gasteiger partial charge on any atom is -0.494 e. The Balaban J connectivity index is 1.84. The van der Waals surface area contributed by atoms with Crippen molar-refractivity contribution in [3.05, 3.63) is 40.9 Å². The van der Waals surface area contributed by atoms with E-state index in [1.165, 1.54) is 17.4 Å². The Bertz CT molecular complexity index is 665. The maximum absolute atomic E-state index is 11.9. The molecule has 0 spiro atoms. The number of hydrogen-bond acceptors (Lipinski definition) is 5. The molecule has 0 unspecified atom stereocenters. The summed E-state index contributed by atoms with van der Waals surface area (Å²) in [5.41, 5.74) is 0.942. The van der Waals surface area contributed by atoms with Gasteiger partial charge in [0.25, 0.3) is 0 Å². The Hall–Kier alpha value is -2.21. The van der Waals surface area contributed by atoms with Crippen LogP contribution in [-0.4, -0.2) is 22.7 Å². The van der Waals surface area contributed by atoms with Crippen LogP contribution in [0.25, 0.3) is 6.08 Å². The van der Waals surface area contributed by atoms with Gasteiger partial charge in [-0.05, 0) is 36.6 Å². The van der Waals surface area contributed by atoms with E-state index in [4.69, 9.17) is 4.74 Å². The number of rotatable bonds is 9. The number of ether oxygens (including phenoxy) is 1. The van der Waals surface area contributed by atoms with E-state index in [2.05, 4.69) is 29.4 Å². The van der Waals surface area contributed by atoms with Crippen molar-refractivity contribution >= 4 is 28.5 Å². The predicted molar refractivity (Wildman–Crippen MR) is 98.4 cm³/mol. The molecule has 5 nitrogen and oxygen atoms in total. The van der Waals surface area contributed by atoms with Gasteiger partial charge in [0.15, 0.2) is 0 Å². The van der Waals surface area contributed by atoms with Gasteiger partial charge in [-0.1, -0.05) is 43.7 Å². The Kier molecular flexibility index (Phi) is 7.42. The summed E-state index contributed by atoms with van der Waals surface area (Å²) in [4.78, 5) is 11.9. The van der Waals surface area contributed by atoms with Crippen LogP contribution in [0.15, 0.2) is 30.3 Å². The molecule has 0 fully saturated rings. The lowest BCUT2D eigenvalue weighted by Crippen LogP contribution is -2.07. The van der Waals surface area contributed by atoms with Crippen molar-refractivity contribution in [3.8, 4) is 5.75 Å². The van der Waals surface area contributed by atoms with Crippen molar-refractivity contribution in [2.24, 2.45) is 0 Å². The van der Waals surface area contributed by atoms with Crippen LogP contribution in [0, 0.1) is 0 Å². The van der Waals surface area contributed by atoms with E-state index >= 15 is 0 Å². The molecule has 0 atom stereocenters. The highest BCUT2D eigenvalue weighted by molar-refractivity contribution is 7.15. The Morgan fingerprint density at radius 2 is 2.00 bits per heavy atom. The average molecular weight is 345 g/mol. The van der Waals surface area contributed by atoms with E-state index in [0.29, 0.717) is 5.13 Å². The van der Waals surface area contributed by atoms with E-state index in [-0.39, 0.29) is 5.91 Å². The Labute approximate surface area is 146 Å². The van der Waals surface area contributed by atoms with E-state index in [1.54, 1.807) is 6.08 Å². The second-order valence-corrected chi connectivity index (χ2v) is 6.41. The van der Waals surface area contributed by atoms with Gasteiger partial charge in [0, 0.05) is 12.5 Å². The van der Waals surface area contributed by atoms with Crippen LogP contribution in [-0.2, 0) is 11.2 Å². The first-order valence-corrected chi connectivity index (χ1v) is 9.07. The highest BCUT2D eigenvalue weighted by atomic mass is 32.1. The smallest absolute Gasteiger partial charge is 0.250 e. The third-order valence-corrected chi connectivity index (χ3v) is 4.13. The quantitative estimate of drug-likeness (QED) is 0.543. The fraction of sp³-hybridized carbons (Fsp3) is 0.389. The van der Waals surface area contributed by atoms with Gasteiger partial charge in [-0.3, -0.25) is 10.1 Å². The molecule has 128 valence electrons. The van der Waals surface area contributed by atoms with Crippen molar-refractivity contribution in [1.82, 2.24) is 10.2 Å². The maximum Gasteiger partial charge on any atom is 0.250 e. The Morgan fingerprint density at radius 1 is 1.21 bits per heavy atom. The lowest BCUT2D eigenvalue weighted by atomic mass is 10.2. The van der Waals surface area contributed by atoms with Gasteiger partial charge >= 0.3 is 0 Å². The van der Waals surface area contributed by atoms with Crippen LogP contribution in [0.5, 0.6) is 5.75 Å². The van der Waals surface area contributed by atoms with Crippen LogP contribution in [0.3, 0.4) is 0 Å². The first kappa shape index (κ1) is 18.1. The molecule has 1 N–H and O–H groups in total.